The second-order valence-corrected chi connectivity index (χ2v) is 6.06. The molecule has 3 aromatic rings. The SMILES string of the molecule is CCc1c(C)nc(CO)n1-c1ccc([N+](=O)[O-])cc1C(=O)c1ccccc1. The van der Waals surface area contributed by atoms with Crippen molar-refractivity contribution in [3.63, 3.8) is 0 Å². The lowest BCUT2D eigenvalue weighted by Crippen LogP contribution is -2.12. The standard InChI is InChI=1S/C20H19N3O4/c1-3-17-13(2)21-19(12-24)22(17)18-10-9-15(23(26)27)11-16(18)20(25)14-7-5-4-6-8-14/h4-11,24H,3,12H2,1-2H3. The molecule has 0 saturated heterocycles. The molecular formula is C20H19N3O4. The van der Waals surface area contributed by atoms with E-state index < -0.39 is 4.92 Å². The van der Waals surface area contributed by atoms with Gasteiger partial charge in [-0.15, -0.1) is 0 Å². The van der Waals surface area contributed by atoms with Crippen LogP contribution in [0, 0.1) is 17.0 Å². The van der Waals surface area contributed by atoms with Crippen LogP contribution < -0.4 is 0 Å². The minimum Gasteiger partial charge on any atom is -0.388 e. The largest absolute Gasteiger partial charge is 0.388 e. The van der Waals surface area contributed by atoms with Gasteiger partial charge in [0.15, 0.2) is 5.78 Å². The highest BCUT2D eigenvalue weighted by molar-refractivity contribution is 6.11. The van der Waals surface area contributed by atoms with E-state index in [2.05, 4.69) is 4.98 Å². The van der Waals surface area contributed by atoms with Crippen LogP contribution >= 0.6 is 0 Å². The molecule has 0 atom stereocenters. The number of hydrogen-bond donors (Lipinski definition) is 1. The van der Waals surface area contributed by atoms with Gasteiger partial charge >= 0.3 is 0 Å². The van der Waals surface area contributed by atoms with Crippen molar-refractivity contribution in [2.45, 2.75) is 26.9 Å². The lowest BCUT2D eigenvalue weighted by atomic mass is 10.0. The molecule has 3 rings (SSSR count). The van der Waals surface area contributed by atoms with Crippen LogP contribution in [0.15, 0.2) is 48.5 Å². The number of hydrogen-bond acceptors (Lipinski definition) is 5. The van der Waals surface area contributed by atoms with E-state index in [4.69, 9.17) is 0 Å². The van der Waals surface area contributed by atoms with Gasteiger partial charge in [-0.25, -0.2) is 4.98 Å². The zero-order valence-corrected chi connectivity index (χ0v) is 15.0. The maximum atomic E-state index is 13.1. The van der Waals surface area contributed by atoms with E-state index in [1.165, 1.54) is 18.2 Å². The third-order valence-corrected chi connectivity index (χ3v) is 4.43. The van der Waals surface area contributed by atoms with Crippen molar-refractivity contribution < 1.29 is 14.8 Å². The molecule has 1 N–H and O–H groups in total. The van der Waals surface area contributed by atoms with Gasteiger partial charge in [-0.05, 0) is 19.4 Å². The number of nitrogens with zero attached hydrogens (tertiary/aromatic N) is 3. The number of benzene rings is 2. The fourth-order valence-electron chi connectivity index (χ4n) is 3.19. The number of aromatic nitrogens is 2. The lowest BCUT2D eigenvalue weighted by Gasteiger charge is -2.15. The van der Waals surface area contributed by atoms with E-state index in [0.717, 1.165) is 11.4 Å². The van der Waals surface area contributed by atoms with Gasteiger partial charge in [-0.1, -0.05) is 37.3 Å². The Balaban J connectivity index is 2.29. The molecule has 0 aliphatic carbocycles. The van der Waals surface area contributed by atoms with Gasteiger partial charge in [0.25, 0.3) is 5.69 Å². The second-order valence-electron chi connectivity index (χ2n) is 6.06. The van der Waals surface area contributed by atoms with Crippen molar-refractivity contribution in [1.82, 2.24) is 9.55 Å². The molecule has 0 unspecified atom stereocenters. The molecule has 0 aliphatic rings. The number of nitro benzene ring substituents is 1. The molecule has 0 fully saturated rings. The predicted molar refractivity (Wildman–Crippen MR) is 100 cm³/mol. The van der Waals surface area contributed by atoms with Crippen molar-refractivity contribution in [2.75, 3.05) is 0 Å². The summed E-state index contributed by atoms with van der Waals surface area (Å²) in [5.74, 6) is 0.0620. The average molecular weight is 365 g/mol. The van der Waals surface area contributed by atoms with Gasteiger partial charge < -0.3 is 5.11 Å². The first-order chi connectivity index (χ1) is 13.0. The molecule has 7 nitrogen and oxygen atoms in total. The van der Waals surface area contributed by atoms with Crippen LogP contribution in [-0.4, -0.2) is 25.4 Å². The number of non-ortho nitro benzene ring substituents is 1. The molecule has 1 aromatic heterocycles. The Hall–Kier alpha value is -3.32. The quantitative estimate of drug-likeness (QED) is 0.410. The summed E-state index contributed by atoms with van der Waals surface area (Å²) in [7, 11) is 0. The maximum Gasteiger partial charge on any atom is 0.270 e. The van der Waals surface area contributed by atoms with Gasteiger partial charge in [0.2, 0.25) is 0 Å². The van der Waals surface area contributed by atoms with Crippen LogP contribution in [-0.2, 0) is 13.0 Å². The molecule has 0 bridgehead atoms. The van der Waals surface area contributed by atoms with Gasteiger partial charge in [-0.3, -0.25) is 19.5 Å². The minimum atomic E-state index is -0.529. The highest BCUT2D eigenvalue weighted by Crippen LogP contribution is 2.28. The first-order valence-electron chi connectivity index (χ1n) is 8.54. The predicted octanol–water partition coefficient (Wildman–Crippen LogP) is 3.37. The summed E-state index contributed by atoms with van der Waals surface area (Å²) in [4.78, 5) is 28.2. The van der Waals surface area contributed by atoms with Crippen LogP contribution in [0.25, 0.3) is 5.69 Å². The van der Waals surface area contributed by atoms with E-state index in [0.29, 0.717) is 23.5 Å². The van der Waals surface area contributed by atoms with Crippen LogP contribution in [0.3, 0.4) is 0 Å². The highest BCUT2D eigenvalue weighted by Gasteiger charge is 2.23. The summed E-state index contributed by atoms with van der Waals surface area (Å²) < 4.78 is 1.72. The fraction of sp³-hybridized carbons (Fsp3) is 0.200. The summed E-state index contributed by atoms with van der Waals surface area (Å²) in [5, 5.41) is 21.0. The van der Waals surface area contributed by atoms with Gasteiger partial charge in [0, 0.05) is 23.4 Å². The third kappa shape index (κ3) is 3.37. The van der Waals surface area contributed by atoms with E-state index in [1.807, 2.05) is 13.8 Å². The highest BCUT2D eigenvalue weighted by atomic mass is 16.6. The number of rotatable bonds is 6. The van der Waals surface area contributed by atoms with E-state index in [-0.39, 0.29) is 23.6 Å². The molecule has 27 heavy (non-hydrogen) atoms. The van der Waals surface area contributed by atoms with Crippen LogP contribution in [0.1, 0.15) is 40.1 Å². The number of carbonyl (C=O) groups excluding carboxylic acids is 1. The molecule has 0 spiro atoms. The number of ketones is 1. The number of aliphatic hydroxyl groups is 1. The number of aryl methyl sites for hydroxylation is 1. The van der Waals surface area contributed by atoms with Crippen molar-refractivity contribution in [1.29, 1.82) is 0 Å². The Kier molecular flexibility index (Phi) is 5.14. The number of aliphatic hydroxyl groups excluding tert-OH is 1. The Morgan fingerprint density at radius 3 is 2.52 bits per heavy atom. The minimum absolute atomic E-state index is 0.168. The van der Waals surface area contributed by atoms with Gasteiger partial charge in [0.1, 0.15) is 12.4 Å². The Labute approximate surface area is 156 Å². The molecule has 2 aromatic carbocycles. The summed E-state index contributed by atoms with van der Waals surface area (Å²) in [6, 6.07) is 12.8. The summed E-state index contributed by atoms with van der Waals surface area (Å²) in [6.07, 6.45) is 0.634. The third-order valence-electron chi connectivity index (χ3n) is 4.43. The number of nitro groups is 1. The molecule has 7 heteroatoms. The number of carbonyl (C=O) groups is 1. The monoisotopic (exact) mass is 365 g/mol. The fourth-order valence-corrected chi connectivity index (χ4v) is 3.19. The Bertz CT molecular complexity index is 1010. The lowest BCUT2D eigenvalue weighted by molar-refractivity contribution is -0.384. The van der Waals surface area contributed by atoms with E-state index >= 15 is 0 Å². The van der Waals surface area contributed by atoms with Crippen LogP contribution in [0.4, 0.5) is 5.69 Å². The smallest absolute Gasteiger partial charge is 0.270 e. The molecule has 138 valence electrons. The van der Waals surface area contributed by atoms with Crippen LogP contribution in [0.2, 0.25) is 0 Å². The average Bonchev–Trinajstić information content (AvgIpc) is 3.02. The molecule has 0 radical (unpaired) electrons. The van der Waals surface area contributed by atoms with E-state index in [9.17, 15) is 20.0 Å². The molecule has 0 saturated carbocycles. The Morgan fingerprint density at radius 2 is 1.93 bits per heavy atom. The second kappa shape index (κ2) is 7.51. The first-order valence-corrected chi connectivity index (χ1v) is 8.54. The van der Waals surface area contributed by atoms with Crippen LogP contribution in [0.5, 0.6) is 0 Å². The summed E-state index contributed by atoms with van der Waals surface area (Å²) in [6.45, 7) is 3.47. The zero-order valence-electron chi connectivity index (χ0n) is 15.0. The maximum absolute atomic E-state index is 13.1. The Morgan fingerprint density at radius 1 is 1.22 bits per heavy atom. The number of imidazole rings is 1. The van der Waals surface area contributed by atoms with Crippen molar-refractivity contribution in [3.8, 4) is 5.69 Å². The summed E-state index contributed by atoms with van der Waals surface area (Å²) in [5.41, 5.74) is 2.51. The zero-order chi connectivity index (χ0) is 19.6. The molecule has 1 heterocycles. The van der Waals surface area contributed by atoms with E-state index in [1.54, 1.807) is 34.9 Å². The summed E-state index contributed by atoms with van der Waals surface area (Å²) >= 11 is 0. The van der Waals surface area contributed by atoms with Crippen molar-refractivity contribution >= 4 is 11.5 Å². The van der Waals surface area contributed by atoms with Gasteiger partial charge in [0.05, 0.1) is 21.9 Å². The van der Waals surface area contributed by atoms with Crippen molar-refractivity contribution in [3.05, 3.63) is 87.0 Å². The topological polar surface area (TPSA) is 98.3 Å². The molecule has 0 aliphatic heterocycles. The normalized spacial score (nSPS) is 10.8. The first kappa shape index (κ1) is 18.5. The van der Waals surface area contributed by atoms with Gasteiger partial charge in [-0.2, -0.15) is 0 Å². The molecular weight excluding hydrogens is 346 g/mol. The molecule has 0 amide bonds. The van der Waals surface area contributed by atoms with Crippen molar-refractivity contribution in [2.24, 2.45) is 0 Å².